The number of allylic oxidation sites excluding steroid dienone is 2. The number of aliphatic hydroxyl groups is 1. The van der Waals surface area contributed by atoms with E-state index in [1.54, 1.807) is 310 Å². The number of ether oxygens (including phenoxy) is 10. The highest BCUT2D eigenvalue weighted by molar-refractivity contribution is 5.94. The fourth-order valence-electron chi connectivity index (χ4n) is 11.5. The Labute approximate surface area is 714 Å². The summed E-state index contributed by atoms with van der Waals surface area (Å²) in [5.41, 5.74) is 1.09. The van der Waals surface area contributed by atoms with Gasteiger partial charge in [0.25, 0.3) is 0 Å². The van der Waals surface area contributed by atoms with Gasteiger partial charge in [-0.2, -0.15) is 0 Å². The summed E-state index contributed by atoms with van der Waals surface area (Å²) < 4.78 is 54.7. The van der Waals surface area contributed by atoms with Crippen molar-refractivity contribution in [2.75, 3.05) is 66.1 Å². The van der Waals surface area contributed by atoms with Gasteiger partial charge in [-0.25, -0.2) is 47.9 Å². The molecular weight excluding hydrogens is 1550 g/mol. The molecule has 0 spiro atoms. The maximum atomic E-state index is 12.8. The average molecular weight is 1660 g/mol. The highest BCUT2D eigenvalue weighted by atomic mass is 16.6. The van der Waals surface area contributed by atoms with Crippen LogP contribution < -0.4 is 0 Å². The van der Waals surface area contributed by atoms with Crippen molar-refractivity contribution < 1.29 is 100 Å². The van der Waals surface area contributed by atoms with E-state index in [1.165, 1.54) is 83.5 Å². The molecular formula is C101H108O21. The van der Waals surface area contributed by atoms with E-state index < -0.39 is 76.6 Å². The van der Waals surface area contributed by atoms with E-state index >= 15 is 0 Å². The van der Waals surface area contributed by atoms with Crippen molar-refractivity contribution >= 4 is 59.7 Å². The van der Waals surface area contributed by atoms with Crippen LogP contribution in [-0.2, 0) is 47.4 Å². The maximum absolute atomic E-state index is 12.8. The first kappa shape index (κ1) is 95.7. The lowest BCUT2D eigenvalue weighted by molar-refractivity contribution is -0.0643. The number of aliphatic hydroxyl groups excluding tert-OH is 1. The van der Waals surface area contributed by atoms with Gasteiger partial charge in [-0.1, -0.05) is 259 Å². The molecule has 0 aliphatic carbocycles. The van der Waals surface area contributed by atoms with Crippen molar-refractivity contribution in [3.8, 4) is 0 Å². The summed E-state index contributed by atoms with van der Waals surface area (Å²) >= 11 is 0. The summed E-state index contributed by atoms with van der Waals surface area (Å²) in [6.45, 7) is 2.00. The SMILES string of the molecule is CC(COC(=O)c1ccccc1)(COC(=O)c1ccccc1)COC(=O)c1ccccc1.CCCCCCCC/C=C/CCCCCCCCO.O=C(OCC(COC(=O)c1ccccc1)(COC(=O)c1ccccc1)COC(=O)c1ccccc1)c1ccccc1.O=C(OCC(COC(=O)c1ccccc1)OC(=O)c1ccccc1)c1ccccc1. The molecule has 0 aromatic heterocycles. The summed E-state index contributed by atoms with van der Waals surface area (Å²) in [5, 5.41) is 8.66. The number of esters is 10. The number of rotatable bonds is 44. The molecule has 0 aliphatic heterocycles. The van der Waals surface area contributed by atoms with Crippen LogP contribution in [0.1, 0.15) is 207 Å². The van der Waals surface area contributed by atoms with Crippen LogP contribution in [0.5, 0.6) is 0 Å². The molecule has 1 N–H and O–H groups in total. The van der Waals surface area contributed by atoms with E-state index in [0.29, 0.717) is 62.2 Å². The van der Waals surface area contributed by atoms with Gasteiger partial charge in [0.05, 0.1) is 61.0 Å². The summed E-state index contributed by atoms with van der Waals surface area (Å²) in [7, 11) is 0. The minimum atomic E-state index is -1.43. The van der Waals surface area contributed by atoms with Gasteiger partial charge in [0.15, 0.2) is 6.10 Å². The molecule has 10 rings (SSSR count). The van der Waals surface area contributed by atoms with Crippen LogP contribution in [0.2, 0.25) is 0 Å². The molecule has 10 aromatic rings. The maximum Gasteiger partial charge on any atom is 0.338 e. The molecule has 122 heavy (non-hydrogen) atoms. The first-order valence-corrected chi connectivity index (χ1v) is 41.0. The Kier molecular flexibility index (Phi) is 44.0. The van der Waals surface area contributed by atoms with Gasteiger partial charge in [0, 0.05) is 6.61 Å². The van der Waals surface area contributed by atoms with Crippen LogP contribution >= 0.6 is 0 Å². The predicted molar refractivity (Wildman–Crippen MR) is 463 cm³/mol. The number of carbonyl (C=O) groups excluding carboxylic acids is 10. The van der Waals surface area contributed by atoms with E-state index in [0.717, 1.165) is 6.42 Å². The number of hydrogen-bond acceptors (Lipinski definition) is 21. The van der Waals surface area contributed by atoms with Gasteiger partial charge in [-0.15, -0.1) is 0 Å². The van der Waals surface area contributed by atoms with Crippen molar-refractivity contribution in [1.29, 1.82) is 0 Å². The Balaban J connectivity index is 0.000000231. The summed E-state index contributed by atoms with van der Waals surface area (Å²) in [6.07, 6.45) is 22.2. The zero-order chi connectivity index (χ0) is 86.9. The zero-order valence-electron chi connectivity index (χ0n) is 69.2. The van der Waals surface area contributed by atoms with Crippen LogP contribution in [0.15, 0.2) is 315 Å². The largest absolute Gasteiger partial charge is 0.461 e. The molecule has 0 heterocycles. The number of hydrogen-bond donors (Lipinski definition) is 1. The predicted octanol–water partition coefficient (Wildman–Crippen LogP) is 19.9. The highest BCUT2D eigenvalue weighted by Crippen LogP contribution is 2.26. The molecule has 0 aliphatic rings. The number of benzene rings is 10. The molecule has 0 saturated heterocycles. The molecule has 0 saturated carbocycles. The van der Waals surface area contributed by atoms with E-state index in [4.69, 9.17) is 52.5 Å². The smallest absolute Gasteiger partial charge is 0.338 e. The molecule has 0 amide bonds. The zero-order valence-corrected chi connectivity index (χ0v) is 69.2. The van der Waals surface area contributed by atoms with Crippen LogP contribution in [-0.4, -0.2) is 137 Å². The third-order valence-electron chi connectivity index (χ3n) is 18.5. The van der Waals surface area contributed by atoms with Crippen molar-refractivity contribution in [2.24, 2.45) is 10.8 Å². The molecule has 0 atom stereocenters. The molecule has 21 heteroatoms. The van der Waals surface area contributed by atoms with Gasteiger partial charge in [0.1, 0.15) is 64.9 Å². The van der Waals surface area contributed by atoms with E-state index in [9.17, 15) is 47.9 Å². The third kappa shape index (κ3) is 37.3. The summed E-state index contributed by atoms with van der Waals surface area (Å²) in [6, 6.07) is 84.2. The number of carbonyl (C=O) groups is 10. The summed E-state index contributed by atoms with van der Waals surface area (Å²) in [5.74, 6) is -5.85. The molecule has 638 valence electrons. The minimum Gasteiger partial charge on any atom is -0.461 e. The lowest BCUT2D eigenvalue weighted by Crippen LogP contribution is -2.44. The van der Waals surface area contributed by atoms with E-state index in [2.05, 4.69) is 19.1 Å². The molecule has 0 unspecified atom stereocenters. The number of unbranched alkanes of at least 4 members (excludes halogenated alkanes) is 12. The van der Waals surface area contributed by atoms with Crippen molar-refractivity contribution in [3.05, 3.63) is 371 Å². The monoisotopic (exact) mass is 1660 g/mol. The second kappa shape index (κ2) is 56.1. The first-order chi connectivity index (χ1) is 59.5. The summed E-state index contributed by atoms with van der Waals surface area (Å²) in [4.78, 5) is 125. The lowest BCUT2D eigenvalue weighted by atomic mass is 9.92. The molecule has 21 nitrogen and oxygen atoms in total. The third-order valence-corrected chi connectivity index (χ3v) is 18.5. The van der Waals surface area contributed by atoms with E-state index in [-0.39, 0.29) is 59.5 Å². The van der Waals surface area contributed by atoms with Gasteiger partial charge in [-0.05, 0) is 160 Å². The molecule has 10 aromatic carbocycles. The van der Waals surface area contributed by atoms with Crippen molar-refractivity contribution in [2.45, 2.75) is 110 Å². The van der Waals surface area contributed by atoms with Crippen LogP contribution in [0.4, 0.5) is 0 Å². The van der Waals surface area contributed by atoms with Crippen molar-refractivity contribution in [3.63, 3.8) is 0 Å². The second-order valence-corrected chi connectivity index (χ2v) is 28.9. The highest BCUT2D eigenvalue weighted by Gasteiger charge is 2.39. The quantitative estimate of drug-likeness (QED) is 0.0161. The van der Waals surface area contributed by atoms with Crippen molar-refractivity contribution in [1.82, 2.24) is 0 Å². The van der Waals surface area contributed by atoms with Gasteiger partial charge in [-0.3, -0.25) is 0 Å². The minimum absolute atomic E-state index is 0.106. The molecule has 0 fully saturated rings. The topological polar surface area (TPSA) is 283 Å². The fourth-order valence-corrected chi connectivity index (χ4v) is 11.5. The molecule has 0 radical (unpaired) electrons. The molecule has 0 bridgehead atoms. The van der Waals surface area contributed by atoms with Gasteiger partial charge >= 0.3 is 59.7 Å². The Morgan fingerprint density at radius 2 is 0.443 bits per heavy atom. The fraction of sp³-hybridized carbons (Fsp3) is 0.287. The van der Waals surface area contributed by atoms with Crippen LogP contribution in [0.25, 0.3) is 0 Å². The van der Waals surface area contributed by atoms with Gasteiger partial charge in [0.2, 0.25) is 0 Å². The standard InChI is InChI=1S/C33H28O8.C26H24O6.C24H20O6.C18H36O/c34-29(25-13-5-1-6-14-25)38-21-33(22-39-30(35)26-15-7-2-8-16-26,23-40-31(36)27-17-9-3-10-18-27)24-41-32(37)28-19-11-4-12-20-28;1-26(17-30-23(27)20-11-5-2-6-12-20,18-31-24(28)21-13-7-3-8-14-21)19-32-25(29)22-15-9-4-10-16-22;25-22(18-10-4-1-5-11-18)28-16-21(30-24(27)20-14-8-3-9-15-20)17-29-23(26)19-12-6-2-7-13-19;1-2-3-4-5-6-7-8-9-10-11-12-13-14-15-16-17-18-19/h1-20H,21-24H2;2-16H,17-19H2,1H3;1-15,21H,16-17H2;9-10,19H,2-8,11-18H2,1H3/b;;;10-9+. The van der Waals surface area contributed by atoms with Crippen LogP contribution in [0.3, 0.4) is 0 Å². The Hall–Kier alpha value is -13.4. The second-order valence-electron chi connectivity index (χ2n) is 28.9. The van der Waals surface area contributed by atoms with E-state index in [1.807, 2.05) is 0 Å². The Bertz CT molecular complexity index is 4300. The Morgan fingerprint density at radius 1 is 0.254 bits per heavy atom. The Morgan fingerprint density at radius 3 is 0.664 bits per heavy atom. The van der Waals surface area contributed by atoms with Crippen LogP contribution in [0, 0.1) is 10.8 Å². The average Bonchev–Trinajstić information content (AvgIpc) is 0.832. The first-order valence-electron chi connectivity index (χ1n) is 41.0. The van der Waals surface area contributed by atoms with Gasteiger partial charge < -0.3 is 52.5 Å². The lowest BCUT2D eigenvalue weighted by Gasteiger charge is -2.31. The normalized spacial score (nSPS) is 10.8.